The number of amides is 1. The maximum absolute atomic E-state index is 12.0. The highest BCUT2D eigenvalue weighted by atomic mass is 16.1. The van der Waals surface area contributed by atoms with Gasteiger partial charge in [0.2, 0.25) is 0 Å². The molecule has 2 aromatic heterocycles. The van der Waals surface area contributed by atoms with Crippen molar-refractivity contribution in [2.45, 2.75) is 19.9 Å². The molecule has 0 aliphatic heterocycles. The van der Waals surface area contributed by atoms with Crippen LogP contribution in [-0.4, -0.2) is 20.7 Å². The van der Waals surface area contributed by atoms with Gasteiger partial charge in [0.05, 0.1) is 6.20 Å². The fourth-order valence-electron chi connectivity index (χ4n) is 1.58. The topological polar surface area (TPSA) is 85.8 Å². The number of nitrogens with one attached hydrogen (secondary N) is 1. The smallest absolute Gasteiger partial charge is 0.262 e. The van der Waals surface area contributed by atoms with Crippen molar-refractivity contribution in [3.05, 3.63) is 36.2 Å². The van der Waals surface area contributed by atoms with Crippen molar-refractivity contribution < 1.29 is 4.79 Å². The lowest BCUT2D eigenvalue weighted by Crippen LogP contribution is -2.15. The number of aromatic nitrogens is 3. The van der Waals surface area contributed by atoms with Crippen LogP contribution in [0.4, 0.5) is 11.6 Å². The number of anilines is 2. The summed E-state index contributed by atoms with van der Waals surface area (Å²) in [7, 11) is 0. The van der Waals surface area contributed by atoms with Gasteiger partial charge in [-0.3, -0.25) is 4.79 Å². The zero-order valence-electron chi connectivity index (χ0n) is 10.3. The van der Waals surface area contributed by atoms with Gasteiger partial charge in [-0.2, -0.15) is 5.10 Å². The Labute approximate surface area is 105 Å². The summed E-state index contributed by atoms with van der Waals surface area (Å²) in [5.41, 5.74) is 6.23. The highest BCUT2D eigenvalue weighted by molar-refractivity contribution is 6.06. The molecule has 0 fully saturated rings. The third kappa shape index (κ3) is 2.32. The van der Waals surface area contributed by atoms with Crippen LogP contribution in [-0.2, 0) is 0 Å². The molecule has 0 aromatic carbocycles. The number of rotatable bonds is 3. The minimum absolute atomic E-state index is 0.112. The van der Waals surface area contributed by atoms with E-state index in [9.17, 15) is 4.79 Å². The Hall–Kier alpha value is -2.37. The van der Waals surface area contributed by atoms with Gasteiger partial charge in [-0.05, 0) is 26.0 Å². The molecule has 0 saturated carbocycles. The fourth-order valence-corrected chi connectivity index (χ4v) is 1.58. The summed E-state index contributed by atoms with van der Waals surface area (Å²) >= 11 is 0. The number of nitrogen functional groups attached to an aromatic ring is 1. The molecule has 1 amide bonds. The monoisotopic (exact) mass is 245 g/mol. The molecule has 0 aliphatic rings. The number of carbonyl (C=O) groups is 1. The second kappa shape index (κ2) is 4.87. The van der Waals surface area contributed by atoms with Gasteiger partial charge in [0, 0.05) is 12.2 Å². The summed E-state index contributed by atoms with van der Waals surface area (Å²) in [4.78, 5) is 16.0. The normalized spacial score (nSPS) is 10.6. The zero-order valence-corrected chi connectivity index (χ0v) is 10.3. The van der Waals surface area contributed by atoms with E-state index in [0.29, 0.717) is 17.2 Å². The van der Waals surface area contributed by atoms with Gasteiger partial charge in [0.1, 0.15) is 17.2 Å². The first-order valence-corrected chi connectivity index (χ1v) is 5.65. The van der Waals surface area contributed by atoms with Gasteiger partial charge in [-0.25, -0.2) is 9.67 Å². The molecule has 6 heteroatoms. The van der Waals surface area contributed by atoms with E-state index in [1.54, 1.807) is 29.1 Å². The van der Waals surface area contributed by atoms with E-state index in [4.69, 9.17) is 5.73 Å². The van der Waals surface area contributed by atoms with E-state index in [-0.39, 0.29) is 11.9 Å². The molecule has 2 rings (SSSR count). The molecule has 18 heavy (non-hydrogen) atoms. The number of pyridine rings is 1. The summed E-state index contributed by atoms with van der Waals surface area (Å²) in [6.45, 7) is 3.90. The lowest BCUT2D eigenvalue weighted by molar-refractivity contribution is 0.102. The first-order valence-electron chi connectivity index (χ1n) is 5.65. The molecular weight excluding hydrogens is 230 g/mol. The number of hydrogen-bond acceptors (Lipinski definition) is 4. The van der Waals surface area contributed by atoms with Gasteiger partial charge in [-0.1, -0.05) is 6.07 Å². The molecule has 0 spiro atoms. The number of nitrogens with zero attached hydrogens (tertiary/aromatic N) is 3. The van der Waals surface area contributed by atoms with Crippen molar-refractivity contribution in [1.82, 2.24) is 14.8 Å². The minimum atomic E-state index is -0.307. The Bertz CT molecular complexity index is 547. The standard InChI is InChI=1S/C12H15N5O/c1-8(2)17-11(13)9(7-15-17)12(18)16-10-5-3-4-6-14-10/h3-8H,13H2,1-2H3,(H,14,16,18). The van der Waals surface area contributed by atoms with Crippen molar-refractivity contribution >= 4 is 17.5 Å². The van der Waals surface area contributed by atoms with Crippen LogP contribution in [0.15, 0.2) is 30.6 Å². The molecule has 6 nitrogen and oxygen atoms in total. The van der Waals surface area contributed by atoms with E-state index in [1.165, 1.54) is 6.20 Å². The molecule has 0 radical (unpaired) electrons. The van der Waals surface area contributed by atoms with Crippen LogP contribution in [0.25, 0.3) is 0 Å². The number of hydrogen-bond donors (Lipinski definition) is 2. The number of carbonyl (C=O) groups excluding carboxylic acids is 1. The molecule has 0 aliphatic carbocycles. The second-order valence-electron chi connectivity index (χ2n) is 4.15. The van der Waals surface area contributed by atoms with E-state index < -0.39 is 0 Å². The third-order valence-electron chi connectivity index (χ3n) is 2.47. The van der Waals surface area contributed by atoms with Crippen LogP contribution < -0.4 is 11.1 Å². The van der Waals surface area contributed by atoms with Crippen LogP contribution >= 0.6 is 0 Å². The molecule has 0 atom stereocenters. The van der Waals surface area contributed by atoms with Crippen molar-refractivity contribution in [3.63, 3.8) is 0 Å². The van der Waals surface area contributed by atoms with Gasteiger partial charge >= 0.3 is 0 Å². The highest BCUT2D eigenvalue weighted by Crippen LogP contribution is 2.17. The largest absolute Gasteiger partial charge is 0.383 e. The first kappa shape index (κ1) is 12.1. The summed E-state index contributed by atoms with van der Waals surface area (Å²) in [5, 5.41) is 6.76. The predicted octanol–water partition coefficient (Wildman–Crippen LogP) is 1.69. The Balaban J connectivity index is 2.20. The molecular formula is C12H15N5O. The van der Waals surface area contributed by atoms with Crippen molar-refractivity contribution in [2.24, 2.45) is 0 Å². The summed E-state index contributed by atoms with van der Waals surface area (Å²) in [6, 6.07) is 5.40. The second-order valence-corrected chi connectivity index (χ2v) is 4.15. The fraction of sp³-hybridized carbons (Fsp3) is 0.250. The van der Waals surface area contributed by atoms with Crippen molar-refractivity contribution in [2.75, 3.05) is 11.1 Å². The van der Waals surface area contributed by atoms with Crippen molar-refractivity contribution in [3.8, 4) is 0 Å². The molecule has 3 N–H and O–H groups in total. The van der Waals surface area contributed by atoms with E-state index >= 15 is 0 Å². The van der Waals surface area contributed by atoms with E-state index in [2.05, 4.69) is 15.4 Å². The van der Waals surface area contributed by atoms with Crippen LogP contribution in [0.1, 0.15) is 30.2 Å². The Morgan fingerprint density at radius 2 is 2.22 bits per heavy atom. The van der Waals surface area contributed by atoms with Crippen molar-refractivity contribution in [1.29, 1.82) is 0 Å². The van der Waals surface area contributed by atoms with Gasteiger partial charge in [-0.15, -0.1) is 0 Å². The summed E-state index contributed by atoms with van der Waals surface area (Å²) < 4.78 is 1.60. The zero-order chi connectivity index (χ0) is 13.1. The molecule has 2 heterocycles. The summed E-state index contributed by atoms with van der Waals surface area (Å²) in [5.74, 6) is 0.538. The Kier molecular flexibility index (Phi) is 3.27. The predicted molar refractivity (Wildman–Crippen MR) is 69.2 cm³/mol. The van der Waals surface area contributed by atoms with Gasteiger partial charge in [0.25, 0.3) is 5.91 Å². The van der Waals surface area contributed by atoms with E-state index in [0.717, 1.165) is 0 Å². The average molecular weight is 245 g/mol. The SMILES string of the molecule is CC(C)n1ncc(C(=O)Nc2ccccn2)c1N. The van der Waals surface area contributed by atoms with Crippen LogP contribution in [0.3, 0.4) is 0 Å². The molecule has 0 unspecified atom stereocenters. The Morgan fingerprint density at radius 1 is 1.44 bits per heavy atom. The maximum atomic E-state index is 12.0. The lowest BCUT2D eigenvalue weighted by Gasteiger charge is -2.08. The molecule has 94 valence electrons. The molecule has 0 bridgehead atoms. The van der Waals surface area contributed by atoms with Crippen LogP contribution in [0.5, 0.6) is 0 Å². The Morgan fingerprint density at radius 3 is 2.78 bits per heavy atom. The van der Waals surface area contributed by atoms with Gasteiger partial charge < -0.3 is 11.1 Å². The maximum Gasteiger partial charge on any atom is 0.262 e. The van der Waals surface area contributed by atoms with Crippen LogP contribution in [0, 0.1) is 0 Å². The number of nitrogens with two attached hydrogens (primary N) is 1. The highest BCUT2D eigenvalue weighted by Gasteiger charge is 2.16. The molecule has 0 saturated heterocycles. The average Bonchev–Trinajstić information content (AvgIpc) is 2.72. The molecule has 2 aromatic rings. The minimum Gasteiger partial charge on any atom is -0.383 e. The van der Waals surface area contributed by atoms with E-state index in [1.807, 2.05) is 13.8 Å². The third-order valence-corrected chi connectivity index (χ3v) is 2.47. The van der Waals surface area contributed by atoms with Crippen LogP contribution in [0.2, 0.25) is 0 Å². The first-order chi connectivity index (χ1) is 8.59. The van der Waals surface area contributed by atoms with Gasteiger partial charge in [0.15, 0.2) is 0 Å². The quantitative estimate of drug-likeness (QED) is 0.861. The summed E-state index contributed by atoms with van der Waals surface area (Å²) in [6.07, 6.45) is 3.07. The lowest BCUT2D eigenvalue weighted by atomic mass is 10.3.